The number of likely N-dealkylation sites (tertiary alicyclic amines) is 1. The average Bonchev–Trinajstić information content (AvgIpc) is 2.67. The van der Waals surface area contributed by atoms with Crippen LogP contribution in [-0.2, 0) is 9.59 Å². The van der Waals surface area contributed by atoms with Crippen molar-refractivity contribution in [1.82, 2.24) is 20.4 Å². The van der Waals surface area contributed by atoms with Gasteiger partial charge in [-0.2, -0.15) is 0 Å². The molecule has 3 saturated heterocycles. The summed E-state index contributed by atoms with van der Waals surface area (Å²) in [6.07, 6.45) is 5.50. The number of carbonyl (C=O) groups excluding carboxylic acids is 1. The molecule has 160 valence electrons. The van der Waals surface area contributed by atoms with Gasteiger partial charge in [0.2, 0.25) is 5.91 Å². The van der Waals surface area contributed by atoms with E-state index in [2.05, 4.69) is 15.5 Å². The summed E-state index contributed by atoms with van der Waals surface area (Å²) in [5.74, 6) is -0.973. The molecule has 3 rings (SSSR count). The van der Waals surface area contributed by atoms with Crippen molar-refractivity contribution in [3.8, 4) is 0 Å². The minimum Gasteiger partial charge on any atom is -0.481 e. The van der Waals surface area contributed by atoms with Crippen molar-refractivity contribution in [2.24, 2.45) is 0 Å². The van der Waals surface area contributed by atoms with E-state index in [-0.39, 0.29) is 18.7 Å². The lowest BCUT2D eigenvalue weighted by molar-refractivity contribution is -0.138. The molecule has 0 bridgehead atoms. The first-order chi connectivity index (χ1) is 13.4. The van der Waals surface area contributed by atoms with Gasteiger partial charge in [0.25, 0.3) is 0 Å². The molecule has 0 aromatic carbocycles. The molecule has 3 aliphatic heterocycles. The summed E-state index contributed by atoms with van der Waals surface area (Å²) < 4.78 is 0. The molecule has 3 fully saturated rings. The van der Waals surface area contributed by atoms with Gasteiger partial charge in [-0.25, -0.2) is 0 Å². The SMILES string of the molecule is CN(CC1(O)CCN(C2CCNC3CCCNC32)CC1)C(=O)CCCC(=O)O. The van der Waals surface area contributed by atoms with Crippen LogP contribution in [0.2, 0.25) is 0 Å². The highest BCUT2D eigenvalue weighted by Crippen LogP contribution is 2.29. The second kappa shape index (κ2) is 9.52. The fourth-order valence-electron chi connectivity index (χ4n) is 5.09. The molecule has 4 N–H and O–H groups in total. The van der Waals surface area contributed by atoms with E-state index in [1.807, 2.05) is 0 Å². The number of amides is 1. The van der Waals surface area contributed by atoms with E-state index < -0.39 is 11.6 Å². The number of likely N-dealkylation sites (N-methyl/N-ethyl adjacent to an activating group) is 1. The molecule has 8 nitrogen and oxygen atoms in total. The second-order valence-electron chi connectivity index (χ2n) is 8.80. The van der Waals surface area contributed by atoms with Crippen LogP contribution >= 0.6 is 0 Å². The van der Waals surface area contributed by atoms with Gasteiger partial charge in [0, 0.05) is 57.6 Å². The number of aliphatic carboxylic acids is 1. The molecular weight excluding hydrogens is 360 g/mol. The monoisotopic (exact) mass is 396 g/mol. The summed E-state index contributed by atoms with van der Waals surface area (Å²) in [6, 6.07) is 1.57. The zero-order valence-electron chi connectivity index (χ0n) is 17.0. The molecule has 3 aliphatic rings. The Morgan fingerprint density at radius 3 is 2.61 bits per heavy atom. The molecule has 1 amide bonds. The summed E-state index contributed by atoms with van der Waals surface area (Å²) in [4.78, 5) is 26.9. The molecule has 0 aromatic rings. The molecule has 8 heteroatoms. The highest BCUT2D eigenvalue weighted by Gasteiger charge is 2.41. The van der Waals surface area contributed by atoms with E-state index >= 15 is 0 Å². The van der Waals surface area contributed by atoms with Crippen molar-refractivity contribution in [2.75, 3.05) is 39.8 Å². The summed E-state index contributed by atoms with van der Waals surface area (Å²) in [6.45, 7) is 4.18. The van der Waals surface area contributed by atoms with Crippen LogP contribution in [0.1, 0.15) is 51.4 Å². The van der Waals surface area contributed by atoms with Gasteiger partial charge in [0.05, 0.1) is 5.60 Å². The number of hydrogen-bond donors (Lipinski definition) is 4. The molecule has 3 atom stereocenters. The third kappa shape index (κ3) is 5.43. The minimum atomic E-state index is -0.880. The zero-order valence-corrected chi connectivity index (χ0v) is 17.0. The molecule has 3 unspecified atom stereocenters. The van der Waals surface area contributed by atoms with Crippen LogP contribution in [0.25, 0.3) is 0 Å². The average molecular weight is 397 g/mol. The predicted molar refractivity (Wildman–Crippen MR) is 106 cm³/mol. The Bertz CT molecular complexity index is 548. The molecule has 0 spiro atoms. The highest BCUT2D eigenvalue weighted by atomic mass is 16.4. The quantitative estimate of drug-likeness (QED) is 0.480. The zero-order chi connectivity index (χ0) is 20.1. The number of piperidine rings is 3. The van der Waals surface area contributed by atoms with Crippen molar-refractivity contribution < 1.29 is 19.8 Å². The first-order valence-corrected chi connectivity index (χ1v) is 10.8. The topological polar surface area (TPSA) is 105 Å². The van der Waals surface area contributed by atoms with Crippen molar-refractivity contribution in [2.45, 2.75) is 75.1 Å². The normalized spacial score (nSPS) is 30.4. The van der Waals surface area contributed by atoms with Crippen LogP contribution in [0.3, 0.4) is 0 Å². The number of nitrogens with one attached hydrogen (secondary N) is 2. The molecule has 3 heterocycles. The summed E-state index contributed by atoms with van der Waals surface area (Å²) in [5.41, 5.74) is -0.847. The first kappa shape index (κ1) is 21.5. The van der Waals surface area contributed by atoms with Gasteiger partial charge in [0.15, 0.2) is 0 Å². The Kier molecular flexibility index (Phi) is 7.31. The van der Waals surface area contributed by atoms with Crippen LogP contribution < -0.4 is 10.6 Å². The number of nitrogens with zero attached hydrogens (tertiary/aromatic N) is 2. The maximum atomic E-state index is 12.2. The van der Waals surface area contributed by atoms with Crippen molar-refractivity contribution in [3.63, 3.8) is 0 Å². The number of rotatable bonds is 7. The lowest BCUT2D eigenvalue weighted by Gasteiger charge is -2.50. The lowest BCUT2D eigenvalue weighted by Crippen LogP contribution is -2.67. The summed E-state index contributed by atoms with van der Waals surface area (Å²) in [7, 11) is 1.71. The Labute approximate surface area is 167 Å². The largest absolute Gasteiger partial charge is 0.481 e. The van der Waals surface area contributed by atoms with Crippen LogP contribution in [0.15, 0.2) is 0 Å². The van der Waals surface area contributed by atoms with E-state index in [1.165, 1.54) is 12.8 Å². The van der Waals surface area contributed by atoms with Crippen LogP contribution in [0.5, 0.6) is 0 Å². The molecule has 0 radical (unpaired) electrons. The summed E-state index contributed by atoms with van der Waals surface area (Å²) in [5, 5.41) is 27.1. The van der Waals surface area contributed by atoms with E-state index in [0.717, 1.165) is 32.6 Å². The van der Waals surface area contributed by atoms with Gasteiger partial charge < -0.3 is 25.7 Å². The van der Waals surface area contributed by atoms with E-state index in [9.17, 15) is 14.7 Å². The number of carbonyl (C=O) groups is 2. The van der Waals surface area contributed by atoms with Gasteiger partial charge in [-0.1, -0.05) is 0 Å². The molecular formula is C20H36N4O4. The number of hydrogen-bond acceptors (Lipinski definition) is 6. The van der Waals surface area contributed by atoms with Gasteiger partial charge in [-0.3, -0.25) is 14.5 Å². The van der Waals surface area contributed by atoms with Crippen LogP contribution in [0, 0.1) is 0 Å². The number of carboxylic acids is 1. The fraction of sp³-hybridized carbons (Fsp3) is 0.900. The lowest BCUT2D eigenvalue weighted by atomic mass is 9.83. The van der Waals surface area contributed by atoms with Crippen molar-refractivity contribution >= 4 is 11.9 Å². The number of fused-ring (bicyclic) bond motifs is 1. The fourth-order valence-corrected chi connectivity index (χ4v) is 5.09. The van der Waals surface area contributed by atoms with Gasteiger partial charge in [-0.05, 0) is 51.6 Å². The Balaban J connectivity index is 1.46. The summed E-state index contributed by atoms with van der Waals surface area (Å²) >= 11 is 0. The smallest absolute Gasteiger partial charge is 0.303 e. The van der Waals surface area contributed by atoms with Gasteiger partial charge >= 0.3 is 5.97 Å². The first-order valence-electron chi connectivity index (χ1n) is 10.8. The van der Waals surface area contributed by atoms with Crippen molar-refractivity contribution in [3.05, 3.63) is 0 Å². The van der Waals surface area contributed by atoms with Crippen molar-refractivity contribution in [1.29, 1.82) is 0 Å². The van der Waals surface area contributed by atoms with Gasteiger partial charge in [0.1, 0.15) is 0 Å². The van der Waals surface area contributed by atoms with Crippen LogP contribution in [-0.4, -0.2) is 95.4 Å². The molecule has 0 aliphatic carbocycles. The molecule has 28 heavy (non-hydrogen) atoms. The predicted octanol–water partition coefficient (Wildman–Crippen LogP) is 0.00910. The standard InChI is InChI=1S/C20H36N4O4/c1-23(17(25)5-2-6-18(26)27)14-20(28)8-12-24(13-9-20)16-7-11-21-15-4-3-10-22-19(15)16/h15-16,19,21-22,28H,2-14H2,1H3,(H,26,27). The molecule has 0 aromatic heterocycles. The maximum Gasteiger partial charge on any atom is 0.303 e. The van der Waals surface area contributed by atoms with Gasteiger partial charge in [-0.15, -0.1) is 0 Å². The number of aliphatic hydroxyl groups is 1. The molecule has 0 saturated carbocycles. The highest BCUT2D eigenvalue weighted by molar-refractivity contribution is 5.76. The maximum absolute atomic E-state index is 12.2. The van der Waals surface area contributed by atoms with Crippen LogP contribution in [0.4, 0.5) is 0 Å². The third-order valence-corrected chi connectivity index (χ3v) is 6.70. The number of carboxylic acid groups (broad SMARTS) is 1. The Morgan fingerprint density at radius 2 is 1.89 bits per heavy atom. The Hall–Kier alpha value is -1.22. The van der Waals surface area contributed by atoms with E-state index in [0.29, 0.717) is 43.9 Å². The minimum absolute atomic E-state index is 0.00521. The second-order valence-corrected chi connectivity index (χ2v) is 8.80. The third-order valence-electron chi connectivity index (χ3n) is 6.70. The Morgan fingerprint density at radius 1 is 1.14 bits per heavy atom. The van der Waals surface area contributed by atoms with E-state index in [4.69, 9.17) is 5.11 Å². The van der Waals surface area contributed by atoms with E-state index in [1.54, 1.807) is 11.9 Å².